The Morgan fingerprint density at radius 2 is 1.61 bits per heavy atom. The molecule has 0 aromatic carbocycles. The van der Waals surface area contributed by atoms with Gasteiger partial charge in [0.15, 0.2) is 5.65 Å². The molecule has 0 spiro atoms. The van der Waals surface area contributed by atoms with Crippen LogP contribution in [0, 0.1) is 6.92 Å². The van der Waals surface area contributed by atoms with Gasteiger partial charge in [-0.25, -0.2) is 9.97 Å². The van der Waals surface area contributed by atoms with E-state index >= 15 is 0 Å². The maximum absolute atomic E-state index is 4.56. The highest BCUT2D eigenvalue weighted by Crippen LogP contribution is 2.34. The zero-order valence-electron chi connectivity index (χ0n) is 16.7. The molecule has 2 N–H and O–H groups in total. The predicted molar refractivity (Wildman–Crippen MR) is 120 cm³/mol. The number of rotatable bonds is 3. The van der Waals surface area contributed by atoms with Crippen LogP contribution in [0.2, 0.25) is 0 Å². The number of nitrogens with zero attached hydrogens (tertiary/aromatic N) is 5. The Hall–Kier alpha value is -4.39. The van der Waals surface area contributed by atoms with Crippen LogP contribution < -0.4 is 0 Å². The molecule has 0 aliphatic rings. The van der Waals surface area contributed by atoms with Gasteiger partial charge in [-0.3, -0.25) is 15.1 Å². The summed E-state index contributed by atoms with van der Waals surface area (Å²) < 4.78 is 0. The highest BCUT2D eigenvalue weighted by Gasteiger charge is 2.15. The molecule has 6 aromatic heterocycles. The molecule has 6 aromatic rings. The van der Waals surface area contributed by atoms with Gasteiger partial charge in [0.25, 0.3) is 0 Å². The molecule has 0 fully saturated rings. The molecule has 7 heteroatoms. The van der Waals surface area contributed by atoms with Crippen LogP contribution in [0.25, 0.3) is 55.7 Å². The van der Waals surface area contributed by atoms with Crippen molar-refractivity contribution in [1.82, 2.24) is 35.1 Å². The monoisotopic (exact) mass is 403 g/mol. The third-order valence-corrected chi connectivity index (χ3v) is 5.55. The Labute approximate surface area is 177 Å². The first-order valence-corrected chi connectivity index (χ1v) is 9.91. The van der Waals surface area contributed by atoms with E-state index in [9.17, 15) is 0 Å². The average Bonchev–Trinajstić information content (AvgIpc) is 3.43. The van der Waals surface area contributed by atoms with Gasteiger partial charge in [0.05, 0.1) is 11.4 Å². The molecule has 0 unspecified atom stereocenters. The summed E-state index contributed by atoms with van der Waals surface area (Å²) in [6, 6.07) is 12.2. The number of H-pyrrole nitrogens is 2. The molecule has 0 amide bonds. The highest BCUT2D eigenvalue weighted by atomic mass is 15.2. The van der Waals surface area contributed by atoms with E-state index in [1.54, 1.807) is 18.6 Å². The Balaban J connectivity index is 1.52. The molecule has 0 saturated carbocycles. The fourth-order valence-corrected chi connectivity index (χ4v) is 3.96. The minimum absolute atomic E-state index is 0.668. The number of aryl methyl sites for hydroxylation is 1. The lowest BCUT2D eigenvalue weighted by Crippen LogP contribution is -1.87. The molecule has 0 bridgehead atoms. The fourth-order valence-electron chi connectivity index (χ4n) is 3.96. The summed E-state index contributed by atoms with van der Waals surface area (Å²) in [4.78, 5) is 20.9. The number of hydrogen-bond acceptors (Lipinski definition) is 5. The minimum atomic E-state index is 0.668. The Morgan fingerprint density at radius 1 is 0.742 bits per heavy atom. The van der Waals surface area contributed by atoms with E-state index in [-0.39, 0.29) is 0 Å². The molecule has 0 atom stereocenters. The van der Waals surface area contributed by atoms with Crippen molar-refractivity contribution >= 4 is 22.1 Å². The largest absolute Gasteiger partial charge is 0.338 e. The van der Waals surface area contributed by atoms with Crippen LogP contribution in [0.3, 0.4) is 0 Å². The van der Waals surface area contributed by atoms with Crippen molar-refractivity contribution in [3.63, 3.8) is 0 Å². The van der Waals surface area contributed by atoms with Gasteiger partial charge < -0.3 is 4.98 Å². The SMILES string of the molecule is Cc1ccncc1-c1cnc2n[nH]c(-c3cc4c(-c5ccncc5)ccnc4[nH]3)c2c1. The summed E-state index contributed by atoms with van der Waals surface area (Å²) in [5.74, 6) is 0. The molecule has 7 nitrogen and oxygen atoms in total. The van der Waals surface area contributed by atoms with E-state index < -0.39 is 0 Å². The molecular weight excluding hydrogens is 386 g/mol. The third kappa shape index (κ3) is 2.86. The third-order valence-electron chi connectivity index (χ3n) is 5.55. The first-order chi connectivity index (χ1) is 15.3. The molecule has 0 aliphatic heterocycles. The number of nitrogens with one attached hydrogen (secondary N) is 2. The molecule has 6 rings (SSSR count). The quantitative estimate of drug-likeness (QED) is 0.437. The summed E-state index contributed by atoms with van der Waals surface area (Å²) in [6.07, 6.45) is 10.9. The lowest BCUT2D eigenvalue weighted by molar-refractivity contribution is 1.10. The van der Waals surface area contributed by atoms with E-state index in [0.29, 0.717) is 5.65 Å². The zero-order valence-corrected chi connectivity index (χ0v) is 16.7. The normalized spacial score (nSPS) is 11.4. The van der Waals surface area contributed by atoms with E-state index in [0.717, 1.165) is 55.6 Å². The second-order valence-corrected chi connectivity index (χ2v) is 7.42. The van der Waals surface area contributed by atoms with Gasteiger partial charge in [0.2, 0.25) is 0 Å². The molecule has 148 valence electrons. The predicted octanol–water partition coefficient (Wildman–Crippen LogP) is 4.93. The summed E-state index contributed by atoms with van der Waals surface area (Å²) in [7, 11) is 0. The van der Waals surface area contributed by atoms with Gasteiger partial charge in [-0.2, -0.15) is 5.10 Å². The van der Waals surface area contributed by atoms with Crippen molar-refractivity contribution in [3.8, 4) is 33.6 Å². The Kier molecular flexibility index (Phi) is 3.86. The van der Waals surface area contributed by atoms with E-state index in [4.69, 9.17) is 0 Å². The van der Waals surface area contributed by atoms with Crippen LogP contribution in [0.4, 0.5) is 0 Å². The second kappa shape index (κ2) is 6.84. The molecule has 0 aliphatic carbocycles. The number of hydrogen-bond donors (Lipinski definition) is 2. The molecule has 31 heavy (non-hydrogen) atoms. The summed E-state index contributed by atoms with van der Waals surface area (Å²) >= 11 is 0. The van der Waals surface area contributed by atoms with Crippen LogP contribution in [-0.4, -0.2) is 35.1 Å². The molecule has 6 heterocycles. The lowest BCUT2D eigenvalue weighted by atomic mass is 10.0. The maximum atomic E-state index is 4.56. The van der Waals surface area contributed by atoms with Crippen molar-refractivity contribution in [3.05, 3.63) is 79.1 Å². The van der Waals surface area contributed by atoms with E-state index in [1.807, 2.05) is 42.9 Å². The van der Waals surface area contributed by atoms with Crippen molar-refractivity contribution in [2.24, 2.45) is 0 Å². The second-order valence-electron chi connectivity index (χ2n) is 7.42. The van der Waals surface area contributed by atoms with Crippen LogP contribution >= 0.6 is 0 Å². The Morgan fingerprint density at radius 3 is 2.48 bits per heavy atom. The molecule has 0 radical (unpaired) electrons. The van der Waals surface area contributed by atoms with E-state index in [1.165, 1.54) is 0 Å². The van der Waals surface area contributed by atoms with Gasteiger partial charge >= 0.3 is 0 Å². The standard InChI is InChI=1S/C24H17N7/c1-14-2-6-26-13-20(14)16-10-19-22(30-31-24(19)28-12-16)21-11-18-17(5-9-27-23(18)29-21)15-3-7-25-8-4-15/h2-13H,1H3,(H,27,29)(H,28,30,31). The number of aromatic amines is 2. The van der Waals surface area contributed by atoms with Crippen LogP contribution in [-0.2, 0) is 0 Å². The lowest BCUT2D eigenvalue weighted by Gasteiger charge is -2.04. The van der Waals surface area contributed by atoms with Crippen LogP contribution in [0.15, 0.2) is 73.6 Å². The number of aromatic nitrogens is 7. The molecule has 0 saturated heterocycles. The summed E-state index contributed by atoms with van der Waals surface area (Å²) in [5, 5.41) is 9.53. The number of fused-ring (bicyclic) bond motifs is 2. The minimum Gasteiger partial charge on any atom is -0.338 e. The smallest absolute Gasteiger partial charge is 0.181 e. The van der Waals surface area contributed by atoms with Crippen molar-refractivity contribution in [2.45, 2.75) is 6.92 Å². The highest BCUT2D eigenvalue weighted by molar-refractivity contribution is 5.99. The van der Waals surface area contributed by atoms with Gasteiger partial charge in [0, 0.05) is 59.1 Å². The maximum Gasteiger partial charge on any atom is 0.181 e. The fraction of sp³-hybridized carbons (Fsp3) is 0.0417. The van der Waals surface area contributed by atoms with Crippen molar-refractivity contribution < 1.29 is 0 Å². The van der Waals surface area contributed by atoms with Gasteiger partial charge in [-0.15, -0.1) is 0 Å². The average molecular weight is 403 g/mol. The summed E-state index contributed by atoms with van der Waals surface area (Å²) in [5.41, 5.74) is 8.69. The number of pyridine rings is 4. The topological polar surface area (TPSA) is 96.0 Å². The van der Waals surface area contributed by atoms with Gasteiger partial charge in [-0.1, -0.05) is 0 Å². The molecular formula is C24H17N7. The summed E-state index contributed by atoms with van der Waals surface area (Å²) in [6.45, 7) is 2.07. The van der Waals surface area contributed by atoms with E-state index in [2.05, 4.69) is 54.2 Å². The van der Waals surface area contributed by atoms with Crippen LogP contribution in [0.5, 0.6) is 0 Å². The van der Waals surface area contributed by atoms with Crippen molar-refractivity contribution in [1.29, 1.82) is 0 Å². The Bertz CT molecular complexity index is 1550. The first kappa shape index (κ1) is 17.5. The van der Waals surface area contributed by atoms with Crippen molar-refractivity contribution in [2.75, 3.05) is 0 Å². The van der Waals surface area contributed by atoms with Gasteiger partial charge in [0.1, 0.15) is 5.65 Å². The first-order valence-electron chi connectivity index (χ1n) is 9.91. The van der Waals surface area contributed by atoms with Crippen LogP contribution in [0.1, 0.15) is 5.56 Å². The zero-order chi connectivity index (χ0) is 20.8. The van der Waals surface area contributed by atoms with Gasteiger partial charge in [-0.05, 0) is 60.0 Å².